The maximum atomic E-state index is 12.8. The first-order chi connectivity index (χ1) is 10.1. The number of hydrogen-bond acceptors (Lipinski definition) is 3. The Balaban J connectivity index is 1.96. The maximum Gasteiger partial charge on any atom is 0.243 e. The van der Waals surface area contributed by atoms with E-state index in [0.29, 0.717) is 11.4 Å². The average Bonchev–Trinajstić information content (AvgIpc) is 2.99. The topological polar surface area (TPSA) is 50.3 Å². The molecule has 0 bridgehead atoms. The summed E-state index contributed by atoms with van der Waals surface area (Å²) in [7, 11) is -3.46. The van der Waals surface area contributed by atoms with Gasteiger partial charge in [0.15, 0.2) is 0 Å². The predicted molar refractivity (Wildman–Crippen MR) is 81.3 cm³/mol. The van der Waals surface area contributed by atoms with Crippen molar-refractivity contribution in [3.63, 3.8) is 0 Å². The monoisotopic (exact) mass is 302 g/mol. The van der Waals surface area contributed by atoms with Gasteiger partial charge in [0.2, 0.25) is 10.0 Å². The number of pyridine rings is 1. The van der Waals surface area contributed by atoms with Crippen LogP contribution in [0.5, 0.6) is 0 Å². The van der Waals surface area contributed by atoms with Crippen LogP contribution in [-0.2, 0) is 10.0 Å². The smallest absolute Gasteiger partial charge is 0.243 e. The Morgan fingerprint density at radius 1 is 1.14 bits per heavy atom. The van der Waals surface area contributed by atoms with Crippen molar-refractivity contribution in [1.82, 2.24) is 9.29 Å². The van der Waals surface area contributed by atoms with Crippen molar-refractivity contribution in [3.05, 3.63) is 59.9 Å². The van der Waals surface area contributed by atoms with E-state index in [1.54, 1.807) is 22.6 Å². The van der Waals surface area contributed by atoms with E-state index in [2.05, 4.69) is 4.98 Å². The van der Waals surface area contributed by atoms with Gasteiger partial charge in [-0.25, -0.2) is 8.42 Å². The molecule has 1 saturated heterocycles. The van der Waals surface area contributed by atoms with Crippen molar-refractivity contribution in [3.8, 4) is 0 Å². The molecule has 0 spiro atoms. The second-order valence-electron chi connectivity index (χ2n) is 5.34. The summed E-state index contributed by atoms with van der Waals surface area (Å²) < 4.78 is 27.2. The van der Waals surface area contributed by atoms with Crippen LogP contribution >= 0.6 is 0 Å². The fourth-order valence-corrected chi connectivity index (χ4v) is 4.41. The number of rotatable bonds is 3. The quantitative estimate of drug-likeness (QED) is 0.876. The van der Waals surface area contributed by atoms with E-state index in [9.17, 15) is 8.42 Å². The van der Waals surface area contributed by atoms with Crippen molar-refractivity contribution < 1.29 is 8.42 Å². The Bertz CT molecular complexity index is 712. The standard InChI is InChI=1S/C16H18N2O2S/c1-13-7-9-14(10-8-13)21(19,20)18-12-4-6-16(18)15-5-2-3-11-17-15/h2-3,5,7-11,16H,4,6,12H2,1H3/t16-/m0/s1. The van der Waals surface area contributed by atoms with Crippen molar-refractivity contribution in [1.29, 1.82) is 0 Å². The van der Waals surface area contributed by atoms with Crippen LogP contribution in [0.1, 0.15) is 30.1 Å². The van der Waals surface area contributed by atoms with Gasteiger partial charge in [-0.05, 0) is 44.0 Å². The van der Waals surface area contributed by atoms with Gasteiger partial charge in [0, 0.05) is 12.7 Å². The Hall–Kier alpha value is -1.72. The molecule has 1 aromatic carbocycles. The molecule has 0 N–H and O–H groups in total. The van der Waals surface area contributed by atoms with E-state index in [1.807, 2.05) is 37.3 Å². The fourth-order valence-electron chi connectivity index (χ4n) is 2.74. The molecule has 21 heavy (non-hydrogen) atoms. The van der Waals surface area contributed by atoms with Crippen LogP contribution in [0.3, 0.4) is 0 Å². The van der Waals surface area contributed by atoms with Crippen molar-refractivity contribution in [2.45, 2.75) is 30.7 Å². The summed E-state index contributed by atoms with van der Waals surface area (Å²) in [5.41, 5.74) is 1.88. The Morgan fingerprint density at radius 3 is 2.57 bits per heavy atom. The zero-order chi connectivity index (χ0) is 14.9. The molecule has 2 heterocycles. The molecule has 1 aliphatic heterocycles. The van der Waals surface area contributed by atoms with Gasteiger partial charge in [0.25, 0.3) is 0 Å². The molecule has 1 atom stereocenters. The summed E-state index contributed by atoms with van der Waals surface area (Å²) in [5.74, 6) is 0. The molecule has 0 saturated carbocycles. The highest BCUT2D eigenvalue weighted by Crippen LogP contribution is 2.35. The molecule has 4 nitrogen and oxygen atoms in total. The lowest BCUT2D eigenvalue weighted by molar-refractivity contribution is 0.390. The summed E-state index contributed by atoms with van der Waals surface area (Å²) in [6, 6.07) is 12.5. The van der Waals surface area contributed by atoms with Crippen LogP contribution in [0.15, 0.2) is 53.6 Å². The second-order valence-corrected chi connectivity index (χ2v) is 7.23. The lowest BCUT2D eigenvalue weighted by atomic mass is 10.1. The highest BCUT2D eigenvalue weighted by atomic mass is 32.2. The van der Waals surface area contributed by atoms with E-state index in [4.69, 9.17) is 0 Å². The molecular weight excluding hydrogens is 284 g/mol. The number of aromatic nitrogens is 1. The van der Waals surface area contributed by atoms with Gasteiger partial charge in [-0.3, -0.25) is 4.98 Å². The number of sulfonamides is 1. The maximum absolute atomic E-state index is 12.8. The van der Waals surface area contributed by atoms with Crippen molar-refractivity contribution in [2.75, 3.05) is 6.54 Å². The van der Waals surface area contributed by atoms with Gasteiger partial charge in [0.1, 0.15) is 0 Å². The molecule has 1 fully saturated rings. The Kier molecular flexibility index (Phi) is 3.78. The summed E-state index contributed by atoms with van der Waals surface area (Å²) in [4.78, 5) is 4.68. The summed E-state index contributed by atoms with van der Waals surface area (Å²) >= 11 is 0. The van der Waals surface area contributed by atoms with E-state index >= 15 is 0 Å². The summed E-state index contributed by atoms with van der Waals surface area (Å²) in [5, 5.41) is 0. The molecule has 0 aliphatic carbocycles. The average molecular weight is 302 g/mol. The van der Waals surface area contributed by atoms with Gasteiger partial charge in [-0.1, -0.05) is 23.8 Å². The number of aryl methyl sites for hydroxylation is 1. The third-order valence-corrected chi connectivity index (χ3v) is 5.78. The fraction of sp³-hybridized carbons (Fsp3) is 0.312. The van der Waals surface area contributed by atoms with E-state index in [-0.39, 0.29) is 6.04 Å². The SMILES string of the molecule is Cc1ccc(S(=O)(=O)N2CCC[C@H]2c2ccccn2)cc1. The van der Waals surface area contributed by atoms with Crippen LogP contribution in [0, 0.1) is 6.92 Å². The summed E-state index contributed by atoms with van der Waals surface area (Å²) in [6.07, 6.45) is 3.40. The third kappa shape index (κ3) is 2.71. The van der Waals surface area contributed by atoms with E-state index < -0.39 is 10.0 Å². The summed E-state index contributed by atoms with van der Waals surface area (Å²) in [6.45, 7) is 2.50. The molecule has 0 radical (unpaired) electrons. The van der Waals surface area contributed by atoms with Gasteiger partial charge in [0.05, 0.1) is 16.6 Å². The van der Waals surface area contributed by atoms with Gasteiger partial charge in [-0.15, -0.1) is 0 Å². The predicted octanol–water partition coefficient (Wildman–Crippen LogP) is 2.92. The lowest BCUT2D eigenvalue weighted by Crippen LogP contribution is -2.31. The molecule has 2 aromatic rings. The van der Waals surface area contributed by atoms with Crippen LogP contribution in [0.2, 0.25) is 0 Å². The first-order valence-electron chi connectivity index (χ1n) is 7.08. The molecule has 3 rings (SSSR count). The molecule has 0 unspecified atom stereocenters. The number of nitrogens with zero attached hydrogens (tertiary/aromatic N) is 2. The van der Waals surface area contributed by atoms with Crippen LogP contribution in [0.4, 0.5) is 0 Å². The molecule has 0 amide bonds. The van der Waals surface area contributed by atoms with E-state index in [0.717, 1.165) is 24.1 Å². The van der Waals surface area contributed by atoms with E-state index in [1.165, 1.54) is 0 Å². The zero-order valence-corrected chi connectivity index (χ0v) is 12.8. The number of benzene rings is 1. The first-order valence-corrected chi connectivity index (χ1v) is 8.52. The van der Waals surface area contributed by atoms with Gasteiger partial charge >= 0.3 is 0 Å². The Labute approximate surface area is 125 Å². The lowest BCUT2D eigenvalue weighted by Gasteiger charge is -2.23. The molecule has 1 aromatic heterocycles. The highest BCUT2D eigenvalue weighted by molar-refractivity contribution is 7.89. The van der Waals surface area contributed by atoms with Crippen molar-refractivity contribution >= 4 is 10.0 Å². The molecular formula is C16H18N2O2S. The minimum Gasteiger partial charge on any atom is -0.260 e. The number of hydrogen-bond donors (Lipinski definition) is 0. The first kappa shape index (κ1) is 14.2. The zero-order valence-electron chi connectivity index (χ0n) is 11.9. The van der Waals surface area contributed by atoms with Crippen molar-refractivity contribution in [2.24, 2.45) is 0 Å². The van der Waals surface area contributed by atoms with Crippen LogP contribution in [-0.4, -0.2) is 24.3 Å². The van der Waals surface area contributed by atoms with Crippen LogP contribution < -0.4 is 0 Å². The van der Waals surface area contributed by atoms with Crippen LogP contribution in [0.25, 0.3) is 0 Å². The largest absolute Gasteiger partial charge is 0.260 e. The second kappa shape index (κ2) is 5.58. The third-order valence-electron chi connectivity index (χ3n) is 3.86. The Morgan fingerprint density at radius 2 is 1.90 bits per heavy atom. The minimum absolute atomic E-state index is 0.155. The molecule has 5 heteroatoms. The van der Waals surface area contributed by atoms with Gasteiger partial charge in [-0.2, -0.15) is 4.31 Å². The normalized spacial score (nSPS) is 19.8. The molecule has 110 valence electrons. The minimum atomic E-state index is -3.46. The molecule has 1 aliphatic rings. The van der Waals surface area contributed by atoms with Gasteiger partial charge < -0.3 is 0 Å². The highest BCUT2D eigenvalue weighted by Gasteiger charge is 2.36.